The van der Waals surface area contributed by atoms with Gasteiger partial charge in [-0.15, -0.1) is 0 Å². The van der Waals surface area contributed by atoms with Crippen molar-refractivity contribution < 1.29 is 5.11 Å². The van der Waals surface area contributed by atoms with E-state index in [-0.39, 0.29) is 0 Å². The summed E-state index contributed by atoms with van der Waals surface area (Å²) in [5, 5.41) is 16.8. The molecule has 1 heterocycles. The van der Waals surface area contributed by atoms with Gasteiger partial charge in [0.25, 0.3) is 0 Å². The maximum Gasteiger partial charge on any atom is 0.225 e. The molecule has 1 aromatic carbocycles. The molecule has 0 amide bonds. The molecule has 5 nitrogen and oxygen atoms in total. The second-order valence-corrected chi connectivity index (χ2v) is 5.71. The molecule has 1 aliphatic rings. The van der Waals surface area contributed by atoms with Crippen LogP contribution in [-0.4, -0.2) is 34.8 Å². The molecule has 5 heteroatoms. The monoisotopic (exact) mass is 286 g/mol. The Labute approximate surface area is 124 Å². The van der Waals surface area contributed by atoms with Crippen LogP contribution in [-0.2, 0) is 0 Å². The van der Waals surface area contributed by atoms with Gasteiger partial charge >= 0.3 is 0 Å². The van der Waals surface area contributed by atoms with Crippen LogP contribution < -0.4 is 10.6 Å². The van der Waals surface area contributed by atoms with Crippen LogP contribution in [0.15, 0.2) is 24.3 Å². The predicted molar refractivity (Wildman–Crippen MR) is 85.5 cm³/mol. The lowest BCUT2D eigenvalue weighted by Gasteiger charge is -2.28. The molecule has 0 unspecified atom stereocenters. The highest BCUT2D eigenvalue weighted by Gasteiger charge is 2.21. The molecular weight excluding hydrogens is 264 g/mol. The molecule has 21 heavy (non-hydrogen) atoms. The molecule has 0 aliphatic heterocycles. The number of aliphatic hydroxyl groups excluding tert-OH is 1. The average Bonchev–Trinajstić information content (AvgIpc) is 2.55. The van der Waals surface area contributed by atoms with Crippen LogP contribution in [0.1, 0.15) is 25.7 Å². The highest BCUT2D eigenvalue weighted by molar-refractivity contribution is 5.89. The van der Waals surface area contributed by atoms with E-state index < -0.39 is 0 Å². The Bertz CT molecular complexity index is 608. The summed E-state index contributed by atoms with van der Waals surface area (Å²) in [4.78, 5) is 9.18. The van der Waals surface area contributed by atoms with Gasteiger partial charge in [-0.05, 0) is 43.7 Å². The van der Waals surface area contributed by atoms with Gasteiger partial charge in [0.05, 0.1) is 5.52 Å². The number of nitrogens with zero attached hydrogens (tertiary/aromatic N) is 2. The summed E-state index contributed by atoms with van der Waals surface area (Å²) in [6, 6.07) is 8.42. The Morgan fingerprint density at radius 2 is 1.90 bits per heavy atom. The van der Waals surface area contributed by atoms with Gasteiger partial charge in [0.15, 0.2) is 0 Å². The van der Waals surface area contributed by atoms with Crippen molar-refractivity contribution in [2.24, 2.45) is 5.92 Å². The molecule has 0 spiro atoms. The molecule has 3 rings (SSSR count). The van der Waals surface area contributed by atoms with Crippen molar-refractivity contribution in [1.29, 1.82) is 0 Å². The fourth-order valence-corrected chi connectivity index (χ4v) is 3.00. The highest BCUT2D eigenvalue weighted by atomic mass is 16.3. The first-order valence-corrected chi connectivity index (χ1v) is 7.62. The van der Waals surface area contributed by atoms with Crippen molar-refractivity contribution in [3.63, 3.8) is 0 Å². The molecule has 0 saturated heterocycles. The van der Waals surface area contributed by atoms with E-state index in [1.54, 1.807) is 0 Å². The summed E-state index contributed by atoms with van der Waals surface area (Å²) < 4.78 is 0. The number of benzene rings is 1. The number of anilines is 2. The number of rotatable bonds is 4. The van der Waals surface area contributed by atoms with Crippen LogP contribution in [0.2, 0.25) is 0 Å². The van der Waals surface area contributed by atoms with E-state index >= 15 is 0 Å². The molecule has 2 aromatic rings. The van der Waals surface area contributed by atoms with Gasteiger partial charge in [-0.1, -0.05) is 12.1 Å². The van der Waals surface area contributed by atoms with Crippen molar-refractivity contribution in [2.45, 2.75) is 31.7 Å². The molecule has 3 N–H and O–H groups in total. The van der Waals surface area contributed by atoms with E-state index in [9.17, 15) is 5.11 Å². The second-order valence-electron chi connectivity index (χ2n) is 5.71. The summed E-state index contributed by atoms with van der Waals surface area (Å²) in [5.74, 6) is 2.01. The van der Waals surface area contributed by atoms with Crippen molar-refractivity contribution in [3.8, 4) is 0 Å². The number of fused-ring (bicyclic) bond motifs is 1. The van der Waals surface area contributed by atoms with Crippen LogP contribution in [0.3, 0.4) is 0 Å². The van der Waals surface area contributed by atoms with Crippen LogP contribution in [0.4, 0.5) is 11.8 Å². The number of hydrogen-bond acceptors (Lipinski definition) is 5. The van der Waals surface area contributed by atoms with Gasteiger partial charge in [0.1, 0.15) is 5.82 Å². The van der Waals surface area contributed by atoms with E-state index in [4.69, 9.17) is 0 Å². The summed E-state index contributed by atoms with van der Waals surface area (Å²) in [7, 11) is 1.88. The fourth-order valence-electron chi connectivity index (χ4n) is 3.00. The Hall–Kier alpha value is -1.88. The van der Waals surface area contributed by atoms with Crippen LogP contribution in [0.5, 0.6) is 0 Å². The summed E-state index contributed by atoms with van der Waals surface area (Å²) >= 11 is 0. The first-order chi connectivity index (χ1) is 10.3. The number of para-hydroxylation sites is 1. The minimum atomic E-state index is 0.309. The maximum atomic E-state index is 9.20. The number of aliphatic hydroxyl groups is 1. The van der Waals surface area contributed by atoms with E-state index in [0.29, 0.717) is 24.5 Å². The Balaban J connectivity index is 1.78. The third-order valence-electron chi connectivity index (χ3n) is 4.28. The van der Waals surface area contributed by atoms with E-state index in [1.165, 1.54) is 0 Å². The molecule has 0 atom stereocenters. The van der Waals surface area contributed by atoms with E-state index in [1.807, 2.05) is 31.3 Å². The van der Waals surface area contributed by atoms with Crippen molar-refractivity contribution >= 4 is 22.7 Å². The predicted octanol–water partition coefficient (Wildman–Crippen LogP) is 2.63. The van der Waals surface area contributed by atoms with E-state index in [0.717, 1.165) is 42.4 Å². The maximum absolute atomic E-state index is 9.20. The lowest BCUT2D eigenvalue weighted by molar-refractivity contribution is 0.185. The lowest BCUT2D eigenvalue weighted by atomic mass is 9.87. The molecule has 1 fully saturated rings. The van der Waals surface area contributed by atoms with Gasteiger partial charge in [-0.3, -0.25) is 0 Å². The van der Waals surface area contributed by atoms with Gasteiger partial charge in [-0.25, -0.2) is 4.98 Å². The fraction of sp³-hybridized carbons (Fsp3) is 0.500. The minimum absolute atomic E-state index is 0.309. The zero-order valence-electron chi connectivity index (χ0n) is 12.3. The smallest absolute Gasteiger partial charge is 0.225 e. The zero-order valence-corrected chi connectivity index (χ0v) is 12.3. The molecule has 1 saturated carbocycles. The third-order valence-corrected chi connectivity index (χ3v) is 4.28. The Morgan fingerprint density at radius 1 is 1.14 bits per heavy atom. The lowest BCUT2D eigenvalue weighted by Crippen LogP contribution is -2.28. The second kappa shape index (κ2) is 6.26. The molecule has 1 aromatic heterocycles. The van der Waals surface area contributed by atoms with Crippen molar-refractivity contribution in [1.82, 2.24) is 9.97 Å². The largest absolute Gasteiger partial charge is 0.396 e. The van der Waals surface area contributed by atoms with Gasteiger partial charge < -0.3 is 15.7 Å². The summed E-state index contributed by atoms with van der Waals surface area (Å²) in [6.07, 6.45) is 4.27. The Morgan fingerprint density at radius 3 is 2.62 bits per heavy atom. The molecule has 1 aliphatic carbocycles. The normalized spacial score (nSPS) is 22.2. The van der Waals surface area contributed by atoms with Crippen LogP contribution in [0.25, 0.3) is 10.9 Å². The summed E-state index contributed by atoms with van der Waals surface area (Å²) in [6.45, 7) is 0.309. The highest BCUT2D eigenvalue weighted by Crippen LogP contribution is 2.27. The first-order valence-electron chi connectivity index (χ1n) is 7.62. The minimum Gasteiger partial charge on any atom is -0.396 e. The SMILES string of the molecule is CNc1nc(NC2CCC(CO)CC2)nc2ccccc12. The topological polar surface area (TPSA) is 70.1 Å². The quantitative estimate of drug-likeness (QED) is 0.806. The van der Waals surface area contributed by atoms with Crippen molar-refractivity contribution in [3.05, 3.63) is 24.3 Å². The van der Waals surface area contributed by atoms with Crippen LogP contribution >= 0.6 is 0 Å². The van der Waals surface area contributed by atoms with Gasteiger partial charge in [-0.2, -0.15) is 4.98 Å². The third kappa shape index (κ3) is 3.08. The number of nitrogens with one attached hydrogen (secondary N) is 2. The number of hydrogen-bond donors (Lipinski definition) is 3. The molecular formula is C16H22N4O. The molecule has 0 bridgehead atoms. The summed E-state index contributed by atoms with van der Waals surface area (Å²) in [5.41, 5.74) is 0.948. The van der Waals surface area contributed by atoms with Gasteiger partial charge in [0.2, 0.25) is 5.95 Å². The van der Waals surface area contributed by atoms with Gasteiger partial charge in [0, 0.05) is 25.1 Å². The van der Waals surface area contributed by atoms with Crippen molar-refractivity contribution in [2.75, 3.05) is 24.3 Å². The standard InChI is InChI=1S/C16H22N4O/c1-17-15-13-4-2-3-5-14(13)19-16(20-15)18-12-8-6-11(10-21)7-9-12/h2-5,11-12,21H,6-10H2,1H3,(H2,17,18,19,20). The first kappa shape index (κ1) is 14.1. The molecule has 0 radical (unpaired) electrons. The van der Waals surface area contributed by atoms with Crippen LogP contribution in [0, 0.1) is 5.92 Å². The molecule has 112 valence electrons. The average molecular weight is 286 g/mol. The zero-order chi connectivity index (χ0) is 14.7. The van der Waals surface area contributed by atoms with E-state index in [2.05, 4.69) is 20.6 Å². The number of aromatic nitrogens is 2. The Kier molecular flexibility index (Phi) is 4.20.